The summed E-state index contributed by atoms with van der Waals surface area (Å²) in [6, 6.07) is 0. The number of nitrogens with one attached hydrogen (secondary N) is 1. The van der Waals surface area contributed by atoms with Crippen LogP contribution in [0.5, 0.6) is 0 Å². The first-order valence-corrected chi connectivity index (χ1v) is 7.17. The van der Waals surface area contributed by atoms with Crippen molar-refractivity contribution in [2.75, 3.05) is 6.61 Å². The van der Waals surface area contributed by atoms with Crippen LogP contribution < -0.4 is 0 Å². The van der Waals surface area contributed by atoms with Crippen molar-refractivity contribution in [3.8, 4) is 0 Å². The van der Waals surface area contributed by atoms with E-state index in [1.165, 1.54) is 5.56 Å². The van der Waals surface area contributed by atoms with Crippen molar-refractivity contribution < 1.29 is 14.3 Å². The van der Waals surface area contributed by atoms with Crippen LogP contribution in [0, 0.1) is 0 Å². The third kappa shape index (κ3) is 1.99. The molecule has 1 aromatic heterocycles. The van der Waals surface area contributed by atoms with Gasteiger partial charge in [0.05, 0.1) is 18.3 Å². The van der Waals surface area contributed by atoms with E-state index in [9.17, 15) is 4.79 Å². The summed E-state index contributed by atoms with van der Waals surface area (Å²) in [6.07, 6.45) is 6.36. The minimum absolute atomic E-state index is 0.0998. The van der Waals surface area contributed by atoms with Crippen molar-refractivity contribution in [3.63, 3.8) is 0 Å². The van der Waals surface area contributed by atoms with Crippen LogP contribution in [0.25, 0.3) is 0 Å². The van der Waals surface area contributed by atoms with Gasteiger partial charge in [-0.3, -0.25) is 0 Å². The van der Waals surface area contributed by atoms with Crippen LogP contribution in [-0.2, 0) is 9.47 Å². The highest BCUT2D eigenvalue weighted by Gasteiger charge is 2.47. The van der Waals surface area contributed by atoms with Crippen LogP contribution in [0.1, 0.15) is 61.1 Å². The maximum Gasteiger partial charge on any atom is 0.355 e. The maximum atomic E-state index is 12.0. The summed E-state index contributed by atoms with van der Waals surface area (Å²) < 4.78 is 11.3. The summed E-state index contributed by atoms with van der Waals surface area (Å²) in [5.74, 6) is 0.123. The number of aromatic amines is 1. The second-order valence-electron chi connectivity index (χ2n) is 6.38. The fraction of sp³-hybridized carbons (Fsp3) is 0.562. The zero-order chi connectivity index (χ0) is 14.5. The van der Waals surface area contributed by atoms with E-state index in [0.29, 0.717) is 12.3 Å². The Morgan fingerprint density at radius 1 is 1.30 bits per heavy atom. The lowest BCUT2D eigenvalue weighted by Gasteiger charge is -2.28. The summed E-state index contributed by atoms with van der Waals surface area (Å²) >= 11 is 0. The van der Waals surface area contributed by atoms with E-state index >= 15 is 0 Å². The van der Waals surface area contributed by atoms with Crippen molar-refractivity contribution >= 4 is 5.97 Å². The molecule has 4 heteroatoms. The zero-order valence-corrected chi connectivity index (χ0v) is 12.4. The first-order valence-electron chi connectivity index (χ1n) is 7.17. The van der Waals surface area contributed by atoms with Gasteiger partial charge in [0.1, 0.15) is 5.69 Å². The summed E-state index contributed by atoms with van der Waals surface area (Å²) in [6.45, 7) is 8.40. The topological polar surface area (TPSA) is 51.3 Å². The Labute approximate surface area is 119 Å². The molecule has 0 aliphatic heterocycles. The first kappa shape index (κ1) is 13.4. The molecule has 1 N–H and O–H groups in total. The summed E-state index contributed by atoms with van der Waals surface area (Å²) in [4.78, 5) is 15.1. The van der Waals surface area contributed by atoms with Gasteiger partial charge in [-0.1, -0.05) is 12.2 Å². The lowest BCUT2D eigenvalue weighted by atomic mass is 9.99. The number of rotatable bonds is 3. The smallest absolute Gasteiger partial charge is 0.355 e. The molecular formula is C16H21NO3. The number of H-pyrrole nitrogens is 1. The Hall–Kier alpha value is -1.55. The molecule has 4 nitrogen and oxygen atoms in total. The van der Waals surface area contributed by atoms with E-state index in [-0.39, 0.29) is 29.5 Å². The van der Waals surface area contributed by atoms with Crippen LogP contribution in [0.2, 0.25) is 0 Å². The van der Waals surface area contributed by atoms with Crippen molar-refractivity contribution in [3.05, 3.63) is 35.2 Å². The molecule has 0 amide bonds. The molecule has 3 rings (SSSR count). The molecule has 0 radical (unpaired) electrons. The molecule has 2 bridgehead atoms. The molecule has 0 saturated carbocycles. The predicted octanol–water partition coefficient (Wildman–Crippen LogP) is 3.13. The molecule has 2 aliphatic rings. The predicted molar refractivity (Wildman–Crippen MR) is 76.0 cm³/mol. The highest BCUT2D eigenvalue weighted by Crippen LogP contribution is 2.52. The largest absolute Gasteiger partial charge is 0.461 e. The highest BCUT2D eigenvalue weighted by atomic mass is 16.5. The minimum atomic E-state index is -0.274. The Balaban J connectivity index is 1.91. The lowest BCUT2D eigenvalue weighted by molar-refractivity contribution is -0.0625. The summed E-state index contributed by atoms with van der Waals surface area (Å²) in [7, 11) is 0. The van der Waals surface area contributed by atoms with Gasteiger partial charge in [-0.25, -0.2) is 4.79 Å². The van der Waals surface area contributed by atoms with Gasteiger partial charge in [-0.05, 0) is 38.8 Å². The van der Waals surface area contributed by atoms with E-state index in [4.69, 9.17) is 9.47 Å². The molecule has 3 atom stereocenters. The van der Waals surface area contributed by atoms with E-state index in [1.807, 2.05) is 13.1 Å². The normalized spacial score (nSPS) is 26.9. The third-order valence-corrected chi connectivity index (χ3v) is 3.85. The van der Waals surface area contributed by atoms with Gasteiger partial charge in [0.15, 0.2) is 0 Å². The number of hydrogen-bond donors (Lipinski definition) is 1. The van der Waals surface area contributed by atoms with Crippen molar-refractivity contribution in [1.29, 1.82) is 0 Å². The molecule has 0 saturated heterocycles. The standard InChI is InChI=1S/C16H21NO3/c1-5-19-15(18)13-12-10-7-6-9(11(12)8-17-13)14(10)20-16(2,3)4/h6-10,14,17H,5H2,1-4H3/t9-,10+,14+/m1/s1. The average molecular weight is 275 g/mol. The second-order valence-corrected chi connectivity index (χ2v) is 6.38. The molecule has 1 heterocycles. The lowest BCUT2D eigenvalue weighted by Crippen LogP contribution is -2.30. The third-order valence-electron chi connectivity index (χ3n) is 3.85. The molecule has 2 aliphatic carbocycles. The van der Waals surface area contributed by atoms with Gasteiger partial charge < -0.3 is 14.5 Å². The van der Waals surface area contributed by atoms with Gasteiger partial charge in [0, 0.05) is 18.0 Å². The molecule has 0 aromatic carbocycles. The van der Waals surface area contributed by atoms with Crippen LogP contribution >= 0.6 is 0 Å². The Morgan fingerprint density at radius 2 is 2.00 bits per heavy atom. The molecule has 0 fully saturated rings. The van der Waals surface area contributed by atoms with E-state index in [0.717, 1.165) is 5.56 Å². The number of ether oxygens (including phenoxy) is 2. The van der Waals surface area contributed by atoms with Crippen molar-refractivity contribution in [2.24, 2.45) is 0 Å². The number of hydrogen-bond acceptors (Lipinski definition) is 3. The van der Waals surface area contributed by atoms with Crippen molar-refractivity contribution in [1.82, 2.24) is 4.98 Å². The first-order chi connectivity index (χ1) is 9.42. The number of fused-ring (bicyclic) bond motifs is 5. The van der Waals surface area contributed by atoms with Crippen LogP contribution in [0.4, 0.5) is 0 Å². The van der Waals surface area contributed by atoms with Gasteiger partial charge in [0.2, 0.25) is 0 Å². The van der Waals surface area contributed by atoms with Crippen molar-refractivity contribution in [2.45, 2.75) is 51.2 Å². The quantitative estimate of drug-likeness (QED) is 0.681. The average Bonchev–Trinajstić information content (AvgIpc) is 2.98. The van der Waals surface area contributed by atoms with Gasteiger partial charge in [-0.15, -0.1) is 0 Å². The summed E-state index contributed by atoms with van der Waals surface area (Å²) in [5.41, 5.74) is 2.63. The van der Waals surface area contributed by atoms with E-state index < -0.39 is 0 Å². The van der Waals surface area contributed by atoms with Crippen LogP contribution in [0.15, 0.2) is 18.3 Å². The molecule has 108 valence electrons. The van der Waals surface area contributed by atoms with Crippen LogP contribution in [0.3, 0.4) is 0 Å². The van der Waals surface area contributed by atoms with E-state index in [1.54, 1.807) is 0 Å². The monoisotopic (exact) mass is 275 g/mol. The van der Waals surface area contributed by atoms with Crippen LogP contribution in [-0.4, -0.2) is 29.3 Å². The number of aromatic nitrogens is 1. The Kier molecular flexibility index (Phi) is 3.01. The van der Waals surface area contributed by atoms with Gasteiger partial charge in [-0.2, -0.15) is 0 Å². The zero-order valence-electron chi connectivity index (χ0n) is 12.4. The molecule has 0 spiro atoms. The highest BCUT2D eigenvalue weighted by molar-refractivity contribution is 5.91. The summed E-state index contributed by atoms with van der Waals surface area (Å²) in [5, 5.41) is 0. The number of carbonyl (C=O) groups is 1. The Bertz CT molecular complexity index is 565. The number of carbonyl (C=O) groups excluding carboxylic acids is 1. The maximum absolute atomic E-state index is 12.0. The fourth-order valence-corrected chi connectivity index (χ4v) is 3.23. The molecular weight excluding hydrogens is 254 g/mol. The number of esters is 1. The van der Waals surface area contributed by atoms with E-state index in [2.05, 4.69) is 37.9 Å². The SMILES string of the molecule is CCOC(=O)c1[nH]cc2c1[C@@H]1C=C[C@H]2[C@@H]1OC(C)(C)C. The van der Waals surface area contributed by atoms with Gasteiger partial charge in [0.25, 0.3) is 0 Å². The molecule has 20 heavy (non-hydrogen) atoms. The minimum Gasteiger partial charge on any atom is -0.461 e. The molecule has 0 unspecified atom stereocenters. The molecule has 1 aromatic rings. The Morgan fingerprint density at radius 3 is 2.65 bits per heavy atom. The fourth-order valence-electron chi connectivity index (χ4n) is 3.23. The van der Waals surface area contributed by atoms with Gasteiger partial charge >= 0.3 is 5.97 Å². The second kappa shape index (κ2) is 4.48.